The molecule has 0 spiro atoms. The average molecular weight is 273 g/mol. The van der Waals surface area contributed by atoms with E-state index in [0.717, 1.165) is 21.9 Å². The van der Waals surface area contributed by atoms with E-state index in [1.54, 1.807) is 0 Å². The number of aryl methyl sites for hydroxylation is 1. The first-order valence-electron chi connectivity index (χ1n) is 6.81. The van der Waals surface area contributed by atoms with Gasteiger partial charge >= 0.3 is 7.12 Å². The number of rotatable bonds is 1. The molecule has 0 atom stereocenters. The summed E-state index contributed by atoms with van der Waals surface area (Å²) in [5.41, 5.74) is 8.22. The van der Waals surface area contributed by atoms with Gasteiger partial charge in [0.15, 0.2) is 5.82 Å². The van der Waals surface area contributed by atoms with Gasteiger partial charge < -0.3 is 15.0 Å². The number of nitrogens with zero attached hydrogens (tertiary/aromatic N) is 1. The van der Waals surface area contributed by atoms with Crippen LogP contribution in [0.15, 0.2) is 12.1 Å². The first kappa shape index (κ1) is 13.5. The normalized spacial score (nSPS) is 20.8. The van der Waals surface area contributed by atoms with Crippen LogP contribution in [-0.2, 0) is 9.31 Å². The molecule has 3 N–H and O–H groups in total. The Balaban J connectivity index is 2.08. The fraction of sp³-hybridized carbons (Fsp3) is 0.500. The molecule has 0 radical (unpaired) electrons. The number of benzene rings is 1. The molecule has 1 saturated heterocycles. The summed E-state index contributed by atoms with van der Waals surface area (Å²) in [6.45, 7) is 10.2. The van der Waals surface area contributed by atoms with Crippen LogP contribution in [0.3, 0.4) is 0 Å². The first-order chi connectivity index (χ1) is 9.23. The van der Waals surface area contributed by atoms with Crippen LogP contribution < -0.4 is 11.2 Å². The summed E-state index contributed by atoms with van der Waals surface area (Å²) in [7, 11) is -0.376. The van der Waals surface area contributed by atoms with Gasteiger partial charge in [0.2, 0.25) is 0 Å². The molecule has 2 heterocycles. The number of aromatic amines is 1. The number of hydrogen-bond donors (Lipinski definition) is 2. The zero-order valence-electron chi connectivity index (χ0n) is 12.6. The third kappa shape index (κ3) is 1.75. The minimum Gasteiger partial charge on any atom is -0.399 e. The summed E-state index contributed by atoms with van der Waals surface area (Å²) in [6, 6.07) is 3.98. The highest BCUT2D eigenvalue weighted by atomic mass is 16.7. The average Bonchev–Trinajstić information content (AvgIpc) is 2.79. The molecule has 0 aliphatic carbocycles. The number of hydrogen-bond acceptors (Lipinski definition) is 4. The van der Waals surface area contributed by atoms with Gasteiger partial charge in [-0.25, -0.2) is 0 Å². The minimum atomic E-state index is -0.376. The van der Waals surface area contributed by atoms with Crippen molar-refractivity contribution in [2.24, 2.45) is 0 Å². The maximum absolute atomic E-state index is 6.10. The second-order valence-electron chi connectivity index (χ2n) is 6.40. The number of nitrogens with one attached hydrogen (secondary N) is 1. The highest BCUT2D eigenvalue weighted by Gasteiger charge is 2.52. The number of anilines is 1. The van der Waals surface area contributed by atoms with E-state index in [4.69, 9.17) is 15.0 Å². The van der Waals surface area contributed by atoms with E-state index in [1.807, 2.05) is 46.8 Å². The van der Waals surface area contributed by atoms with Crippen molar-refractivity contribution < 1.29 is 9.31 Å². The summed E-state index contributed by atoms with van der Waals surface area (Å²) in [5, 5.41) is 7.92. The SMILES string of the molecule is Cc1c(B2OC(C)(C)C(C)(C)O2)ccc2[nH]nc(N)c12. The molecule has 5 nitrogen and oxygen atoms in total. The Morgan fingerprint density at radius 2 is 1.75 bits per heavy atom. The minimum absolute atomic E-state index is 0.346. The van der Waals surface area contributed by atoms with Crippen molar-refractivity contribution in [3.05, 3.63) is 17.7 Å². The first-order valence-corrected chi connectivity index (χ1v) is 6.81. The van der Waals surface area contributed by atoms with Gasteiger partial charge in [-0.2, -0.15) is 5.10 Å². The van der Waals surface area contributed by atoms with Crippen LogP contribution in [0.4, 0.5) is 5.82 Å². The molecule has 1 fully saturated rings. The van der Waals surface area contributed by atoms with Crippen molar-refractivity contribution in [1.82, 2.24) is 10.2 Å². The summed E-state index contributed by atoms with van der Waals surface area (Å²) in [4.78, 5) is 0. The van der Waals surface area contributed by atoms with E-state index >= 15 is 0 Å². The third-order valence-corrected chi connectivity index (χ3v) is 4.57. The van der Waals surface area contributed by atoms with Gasteiger partial charge in [0.05, 0.1) is 16.7 Å². The Morgan fingerprint density at radius 1 is 1.15 bits per heavy atom. The number of aromatic nitrogens is 2. The zero-order valence-corrected chi connectivity index (χ0v) is 12.6. The number of H-pyrrole nitrogens is 1. The second kappa shape index (κ2) is 3.99. The molecular weight excluding hydrogens is 253 g/mol. The van der Waals surface area contributed by atoms with Crippen molar-refractivity contribution in [1.29, 1.82) is 0 Å². The van der Waals surface area contributed by atoms with Gasteiger partial charge in [-0.15, -0.1) is 0 Å². The maximum atomic E-state index is 6.10. The van der Waals surface area contributed by atoms with Gasteiger partial charge in [0.25, 0.3) is 0 Å². The predicted molar refractivity (Wildman–Crippen MR) is 81.0 cm³/mol. The van der Waals surface area contributed by atoms with Crippen LogP contribution in [0.1, 0.15) is 33.3 Å². The van der Waals surface area contributed by atoms with Gasteiger partial charge in [0, 0.05) is 5.39 Å². The summed E-state index contributed by atoms with van der Waals surface area (Å²) in [6.07, 6.45) is 0. The lowest BCUT2D eigenvalue weighted by Crippen LogP contribution is -2.41. The molecule has 6 heteroatoms. The Hall–Kier alpha value is -1.53. The number of nitrogens with two attached hydrogens (primary N) is 1. The van der Waals surface area contributed by atoms with Crippen LogP contribution in [0.25, 0.3) is 10.9 Å². The topological polar surface area (TPSA) is 73.2 Å². The van der Waals surface area contributed by atoms with Gasteiger partial charge in [-0.3, -0.25) is 5.10 Å². The molecule has 106 valence electrons. The van der Waals surface area contributed by atoms with Gasteiger partial charge in [-0.1, -0.05) is 6.07 Å². The fourth-order valence-electron chi connectivity index (χ4n) is 2.55. The van der Waals surface area contributed by atoms with E-state index in [1.165, 1.54) is 0 Å². The Morgan fingerprint density at radius 3 is 2.35 bits per heavy atom. The number of nitrogen functional groups attached to an aromatic ring is 1. The molecule has 1 aliphatic heterocycles. The molecule has 0 unspecified atom stereocenters. The van der Waals surface area contributed by atoms with Crippen molar-refractivity contribution in [3.8, 4) is 0 Å². The van der Waals surface area contributed by atoms with E-state index in [9.17, 15) is 0 Å². The number of fused-ring (bicyclic) bond motifs is 1. The second-order valence-corrected chi connectivity index (χ2v) is 6.40. The monoisotopic (exact) mass is 273 g/mol. The van der Waals surface area contributed by atoms with Crippen molar-refractivity contribution in [3.63, 3.8) is 0 Å². The largest absolute Gasteiger partial charge is 0.495 e. The molecule has 0 amide bonds. The zero-order chi connectivity index (χ0) is 14.7. The molecule has 1 aromatic carbocycles. The molecule has 1 aliphatic rings. The summed E-state index contributed by atoms with van der Waals surface area (Å²) in [5.74, 6) is 0.510. The standard InChI is InChI=1S/C14H20BN3O2/c1-8-9(6-7-10-11(8)12(16)18-17-10)15-19-13(2,3)14(4,5)20-15/h6-7H,1-5H3,(H3,16,17,18). The lowest BCUT2D eigenvalue weighted by Gasteiger charge is -2.32. The lowest BCUT2D eigenvalue weighted by molar-refractivity contribution is 0.00578. The molecule has 0 saturated carbocycles. The van der Waals surface area contributed by atoms with Crippen LogP contribution in [0.5, 0.6) is 0 Å². The van der Waals surface area contributed by atoms with E-state index in [-0.39, 0.29) is 18.3 Å². The summed E-state index contributed by atoms with van der Waals surface area (Å²) < 4.78 is 12.2. The van der Waals surface area contributed by atoms with Crippen LogP contribution in [0.2, 0.25) is 0 Å². The fourth-order valence-corrected chi connectivity index (χ4v) is 2.55. The van der Waals surface area contributed by atoms with E-state index < -0.39 is 0 Å². The molecule has 20 heavy (non-hydrogen) atoms. The smallest absolute Gasteiger partial charge is 0.399 e. The molecule has 3 rings (SSSR count). The van der Waals surface area contributed by atoms with Crippen molar-refractivity contribution in [2.45, 2.75) is 45.8 Å². The summed E-state index contributed by atoms with van der Waals surface area (Å²) >= 11 is 0. The van der Waals surface area contributed by atoms with Gasteiger partial charge in [-0.05, 0) is 51.7 Å². The van der Waals surface area contributed by atoms with Crippen LogP contribution in [0, 0.1) is 6.92 Å². The highest BCUT2D eigenvalue weighted by molar-refractivity contribution is 6.63. The van der Waals surface area contributed by atoms with Crippen molar-refractivity contribution >= 4 is 29.3 Å². The Kier molecular flexibility index (Phi) is 2.69. The quantitative estimate of drug-likeness (QED) is 0.776. The maximum Gasteiger partial charge on any atom is 0.495 e. The van der Waals surface area contributed by atoms with Gasteiger partial charge in [0.1, 0.15) is 0 Å². The molecule has 2 aromatic rings. The van der Waals surface area contributed by atoms with Crippen LogP contribution in [-0.4, -0.2) is 28.5 Å². The van der Waals surface area contributed by atoms with E-state index in [2.05, 4.69) is 10.2 Å². The predicted octanol–water partition coefficient (Wildman–Crippen LogP) is 1.75. The Labute approximate surface area is 119 Å². The molecule has 1 aromatic heterocycles. The molecular formula is C14H20BN3O2. The molecule has 0 bridgehead atoms. The highest BCUT2D eigenvalue weighted by Crippen LogP contribution is 2.37. The third-order valence-electron chi connectivity index (χ3n) is 4.57. The Bertz CT molecular complexity index is 662. The van der Waals surface area contributed by atoms with Crippen LogP contribution >= 0.6 is 0 Å². The van der Waals surface area contributed by atoms with Crippen molar-refractivity contribution in [2.75, 3.05) is 5.73 Å². The van der Waals surface area contributed by atoms with E-state index in [0.29, 0.717) is 5.82 Å². The lowest BCUT2D eigenvalue weighted by atomic mass is 9.75.